The summed E-state index contributed by atoms with van der Waals surface area (Å²) in [4.78, 5) is 2.39. The van der Waals surface area contributed by atoms with E-state index >= 15 is 0 Å². The van der Waals surface area contributed by atoms with Crippen molar-refractivity contribution in [3.63, 3.8) is 0 Å². The van der Waals surface area contributed by atoms with Crippen LogP contribution in [-0.2, 0) is 4.74 Å². The van der Waals surface area contributed by atoms with Crippen LogP contribution in [0.15, 0.2) is 18.2 Å². The second-order valence-electron chi connectivity index (χ2n) is 4.67. The number of benzene rings is 1. The number of nitrogens with two attached hydrogens (primary N) is 1. The molecule has 1 aromatic rings. The van der Waals surface area contributed by atoms with Gasteiger partial charge in [-0.25, -0.2) is 4.39 Å². The average molecular weight is 268 g/mol. The van der Waals surface area contributed by atoms with Gasteiger partial charge >= 0.3 is 0 Å². The maximum atomic E-state index is 13.3. The van der Waals surface area contributed by atoms with Gasteiger partial charge in [0.15, 0.2) is 0 Å². The summed E-state index contributed by atoms with van der Waals surface area (Å²) < 4.78 is 18.9. The van der Waals surface area contributed by atoms with Crippen molar-refractivity contribution in [1.82, 2.24) is 0 Å². The molecule has 1 fully saturated rings. The fourth-order valence-electron chi connectivity index (χ4n) is 2.19. The minimum Gasteiger partial charge on any atom is -0.389 e. The van der Waals surface area contributed by atoms with Gasteiger partial charge < -0.3 is 15.4 Å². The lowest BCUT2D eigenvalue weighted by Gasteiger charge is -2.39. The van der Waals surface area contributed by atoms with Crippen LogP contribution in [0.2, 0.25) is 0 Å². The number of hydrogen-bond donors (Lipinski definition) is 1. The first kappa shape index (κ1) is 13.2. The molecule has 2 atom stereocenters. The van der Waals surface area contributed by atoms with Crippen molar-refractivity contribution in [2.75, 3.05) is 18.1 Å². The van der Waals surface area contributed by atoms with Gasteiger partial charge in [-0.1, -0.05) is 12.2 Å². The Morgan fingerprint density at radius 1 is 1.50 bits per heavy atom. The van der Waals surface area contributed by atoms with Gasteiger partial charge in [0.25, 0.3) is 0 Å². The summed E-state index contributed by atoms with van der Waals surface area (Å²) in [6, 6.07) is 4.78. The Bertz CT molecular complexity index is 466. The van der Waals surface area contributed by atoms with E-state index in [0.717, 1.165) is 12.2 Å². The molecule has 0 aromatic heterocycles. The van der Waals surface area contributed by atoms with Gasteiger partial charge in [-0.3, -0.25) is 0 Å². The Hall–Kier alpha value is -1.20. The van der Waals surface area contributed by atoms with Crippen molar-refractivity contribution in [3.05, 3.63) is 29.6 Å². The zero-order chi connectivity index (χ0) is 13.3. The van der Waals surface area contributed by atoms with Crippen LogP contribution in [0.25, 0.3) is 0 Å². The molecule has 2 N–H and O–H groups in total. The molecule has 2 rings (SSSR count). The van der Waals surface area contributed by atoms with Gasteiger partial charge in [-0.05, 0) is 32.0 Å². The van der Waals surface area contributed by atoms with Crippen molar-refractivity contribution >= 4 is 22.9 Å². The third-order valence-corrected chi connectivity index (χ3v) is 3.36. The molecule has 1 aromatic carbocycles. The quantitative estimate of drug-likeness (QED) is 0.833. The molecule has 1 heterocycles. The second kappa shape index (κ2) is 5.20. The molecule has 0 aliphatic carbocycles. The average Bonchev–Trinajstić information content (AvgIpc) is 2.32. The first-order valence-corrected chi connectivity index (χ1v) is 6.37. The van der Waals surface area contributed by atoms with Crippen LogP contribution in [-0.4, -0.2) is 30.3 Å². The molecule has 0 saturated carbocycles. The standard InChI is InChI=1S/C13H17FN2OS/c1-8-7-17-9(2)6-16(8)12-4-3-10(14)5-11(12)13(15)18/h3-5,8-9H,6-7H2,1-2H3,(H2,15,18). The number of anilines is 1. The highest BCUT2D eigenvalue weighted by Gasteiger charge is 2.25. The topological polar surface area (TPSA) is 38.5 Å². The van der Waals surface area contributed by atoms with E-state index < -0.39 is 0 Å². The first-order valence-electron chi connectivity index (χ1n) is 5.96. The summed E-state index contributed by atoms with van der Waals surface area (Å²) in [5.74, 6) is -0.324. The molecule has 1 aliphatic rings. The zero-order valence-electron chi connectivity index (χ0n) is 10.5. The van der Waals surface area contributed by atoms with Gasteiger partial charge in [0, 0.05) is 23.8 Å². The lowest BCUT2D eigenvalue weighted by molar-refractivity contribution is 0.0343. The summed E-state index contributed by atoms with van der Waals surface area (Å²) in [6.07, 6.45) is 0.144. The maximum absolute atomic E-state index is 13.3. The van der Waals surface area contributed by atoms with Crippen molar-refractivity contribution in [2.24, 2.45) is 5.73 Å². The van der Waals surface area contributed by atoms with E-state index in [1.807, 2.05) is 6.92 Å². The van der Waals surface area contributed by atoms with E-state index in [1.165, 1.54) is 12.1 Å². The third-order valence-electron chi connectivity index (χ3n) is 3.14. The summed E-state index contributed by atoms with van der Waals surface area (Å²) >= 11 is 5.00. The van der Waals surface area contributed by atoms with Crippen molar-refractivity contribution in [1.29, 1.82) is 0 Å². The predicted molar refractivity (Wildman–Crippen MR) is 74.5 cm³/mol. The highest BCUT2D eigenvalue weighted by Crippen LogP contribution is 2.26. The molecule has 1 aliphatic heterocycles. The molecule has 0 amide bonds. The summed E-state index contributed by atoms with van der Waals surface area (Å²) in [6.45, 7) is 5.49. The van der Waals surface area contributed by atoms with Crippen molar-refractivity contribution in [3.8, 4) is 0 Å². The molecule has 5 heteroatoms. The molecule has 1 saturated heterocycles. The second-order valence-corrected chi connectivity index (χ2v) is 5.11. The van der Waals surface area contributed by atoms with Crippen LogP contribution in [0.5, 0.6) is 0 Å². The molecule has 0 bridgehead atoms. The number of morpholine rings is 1. The Morgan fingerprint density at radius 3 is 2.89 bits per heavy atom. The smallest absolute Gasteiger partial charge is 0.124 e. The van der Waals surface area contributed by atoms with E-state index in [4.69, 9.17) is 22.7 Å². The van der Waals surface area contributed by atoms with E-state index in [0.29, 0.717) is 12.2 Å². The number of ether oxygens (including phenoxy) is 1. The van der Waals surface area contributed by atoms with Crippen LogP contribution >= 0.6 is 12.2 Å². The zero-order valence-corrected chi connectivity index (χ0v) is 11.3. The molecule has 98 valence electrons. The lowest BCUT2D eigenvalue weighted by Crippen LogP contribution is -2.48. The molecule has 0 spiro atoms. The maximum Gasteiger partial charge on any atom is 0.124 e. The van der Waals surface area contributed by atoms with Gasteiger partial charge in [0.1, 0.15) is 10.8 Å². The van der Waals surface area contributed by atoms with Crippen LogP contribution in [0, 0.1) is 5.82 Å². The predicted octanol–water partition coefficient (Wildman–Crippen LogP) is 2.07. The number of nitrogens with zero attached hydrogens (tertiary/aromatic N) is 1. The van der Waals surface area contributed by atoms with Gasteiger partial charge in [0.2, 0.25) is 0 Å². The Labute approximate surface area is 112 Å². The molecular formula is C13H17FN2OS. The fraction of sp³-hybridized carbons (Fsp3) is 0.462. The molecule has 18 heavy (non-hydrogen) atoms. The molecule has 3 nitrogen and oxygen atoms in total. The van der Waals surface area contributed by atoms with Gasteiger partial charge in [-0.15, -0.1) is 0 Å². The summed E-state index contributed by atoms with van der Waals surface area (Å²) in [7, 11) is 0. The largest absolute Gasteiger partial charge is 0.389 e. The fourth-order valence-corrected chi connectivity index (χ4v) is 2.36. The lowest BCUT2D eigenvalue weighted by atomic mass is 10.1. The molecular weight excluding hydrogens is 251 g/mol. The number of halogens is 1. The monoisotopic (exact) mass is 268 g/mol. The molecule has 2 unspecified atom stereocenters. The van der Waals surface area contributed by atoms with E-state index in [1.54, 1.807) is 6.07 Å². The van der Waals surface area contributed by atoms with E-state index in [-0.39, 0.29) is 23.0 Å². The number of hydrogen-bond acceptors (Lipinski definition) is 3. The van der Waals surface area contributed by atoms with Crippen LogP contribution in [0.1, 0.15) is 19.4 Å². The minimum absolute atomic E-state index is 0.144. The van der Waals surface area contributed by atoms with Crippen molar-refractivity contribution in [2.45, 2.75) is 26.0 Å². The Morgan fingerprint density at radius 2 is 2.22 bits per heavy atom. The first-order chi connectivity index (χ1) is 8.49. The summed E-state index contributed by atoms with van der Waals surface area (Å²) in [5.41, 5.74) is 7.15. The van der Waals surface area contributed by atoms with Crippen LogP contribution < -0.4 is 10.6 Å². The Balaban J connectivity index is 2.40. The van der Waals surface area contributed by atoms with E-state index in [9.17, 15) is 4.39 Å². The Kier molecular flexibility index (Phi) is 3.82. The highest BCUT2D eigenvalue weighted by atomic mass is 32.1. The molecule has 0 radical (unpaired) electrons. The van der Waals surface area contributed by atoms with Gasteiger partial charge in [0.05, 0.1) is 12.7 Å². The third kappa shape index (κ3) is 2.62. The normalized spacial score (nSPS) is 24.1. The van der Waals surface area contributed by atoms with Crippen LogP contribution in [0.3, 0.4) is 0 Å². The minimum atomic E-state index is -0.324. The SMILES string of the molecule is CC1CN(c2ccc(F)cc2C(N)=S)C(C)CO1. The van der Waals surface area contributed by atoms with E-state index in [2.05, 4.69) is 11.8 Å². The number of thiocarbonyl (C=S) groups is 1. The number of rotatable bonds is 2. The highest BCUT2D eigenvalue weighted by molar-refractivity contribution is 7.80. The van der Waals surface area contributed by atoms with Crippen molar-refractivity contribution < 1.29 is 9.13 Å². The summed E-state index contributed by atoms with van der Waals surface area (Å²) in [5, 5.41) is 0. The van der Waals surface area contributed by atoms with Crippen LogP contribution in [0.4, 0.5) is 10.1 Å². The van der Waals surface area contributed by atoms with Gasteiger partial charge in [-0.2, -0.15) is 0 Å².